The van der Waals surface area contributed by atoms with Crippen LogP contribution in [0.25, 0.3) is 21.3 Å². The van der Waals surface area contributed by atoms with Crippen molar-refractivity contribution >= 4 is 38.5 Å². The molecule has 5 aromatic rings. The van der Waals surface area contributed by atoms with Crippen molar-refractivity contribution in [2.24, 2.45) is 7.05 Å². The number of aromatic hydroxyl groups is 1. The summed E-state index contributed by atoms with van der Waals surface area (Å²) in [5.74, 6) is 0.597. The lowest BCUT2D eigenvalue weighted by Crippen LogP contribution is -2.57. The van der Waals surface area contributed by atoms with E-state index in [9.17, 15) is 24.2 Å². The molecule has 2 aromatic heterocycles. The Labute approximate surface area is 286 Å². The Kier molecular flexibility index (Phi) is 9.29. The molecule has 4 N–H and O–H groups in total. The monoisotopic (exact) mass is 688 g/mol. The van der Waals surface area contributed by atoms with Gasteiger partial charge in [0.2, 0.25) is 0 Å². The van der Waals surface area contributed by atoms with Crippen molar-refractivity contribution in [3.63, 3.8) is 0 Å². The number of likely N-dealkylation sites (tertiary alicyclic amines) is 1. The first-order valence-corrected chi connectivity index (χ1v) is 17.5. The van der Waals surface area contributed by atoms with Crippen LogP contribution in [0.15, 0.2) is 53.3 Å². The number of aromatic amines is 1. The molecule has 0 bridgehead atoms. The number of ether oxygens (including phenoxy) is 1. The second-order valence-corrected chi connectivity index (χ2v) is 14.3. The number of benzene rings is 3. The van der Waals surface area contributed by atoms with Crippen molar-refractivity contribution in [2.45, 2.75) is 44.4 Å². The SMILES string of the molecule is Cc1nc2cc(C(=O)N3CCOC4(CCN(Cc5cc(F)cc(CCNCC(O)c6ccc(O)c7[nH]c(=O)sc67)c5)CC4)C3)ccc2n1C. The summed E-state index contributed by atoms with van der Waals surface area (Å²) in [5.41, 5.74) is 4.75. The topological polar surface area (TPSA) is 136 Å². The van der Waals surface area contributed by atoms with Crippen molar-refractivity contribution in [3.8, 4) is 5.75 Å². The number of fused-ring (bicyclic) bond motifs is 2. The molecule has 2 aliphatic rings. The lowest BCUT2D eigenvalue weighted by Gasteiger charge is -2.47. The summed E-state index contributed by atoms with van der Waals surface area (Å²) < 4.78 is 23.6. The largest absolute Gasteiger partial charge is 0.506 e. The number of morpholine rings is 1. The van der Waals surface area contributed by atoms with E-state index in [1.165, 1.54) is 6.07 Å². The number of hydrogen-bond donors (Lipinski definition) is 4. The van der Waals surface area contributed by atoms with Gasteiger partial charge in [0.25, 0.3) is 5.91 Å². The van der Waals surface area contributed by atoms with Crippen molar-refractivity contribution in [3.05, 3.63) is 92.1 Å². The van der Waals surface area contributed by atoms with Crippen molar-refractivity contribution in [1.29, 1.82) is 0 Å². The summed E-state index contributed by atoms with van der Waals surface area (Å²) in [6.45, 7) is 6.52. The number of nitrogens with zero attached hydrogens (tertiary/aromatic N) is 4. The molecular weight excluding hydrogens is 647 g/mol. The highest BCUT2D eigenvalue weighted by Crippen LogP contribution is 2.33. The van der Waals surface area contributed by atoms with Crippen LogP contribution >= 0.6 is 11.3 Å². The molecule has 1 atom stereocenters. The molecule has 3 aromatic carbocycles. The van der Waals surface area contributed by atoms with E-state index in [2.05, 4.69) is 20.2 Å². The standard InChI is InChI=1S/C36H41FN6O5S/c1-22-39-28-18-25(3-5-29(28)41(22)2)34(46)43-13-14-48-36(21-43)8-11-42(12-9-36)20-24-15-23(16-26(37)17-24)7-10-38-19-31(45)27-4-6-30(44)32-33(27)49-35(47)40-32/h3-6,15-18,31,38,44-45H,7-14,19-21H2,1-2H3,(H,40,47). The number of phenolic OH excluding ortho intramolecular Hbond substituents is 1. The molecule has 0 saturated carbocycles. The fourth-order valence-corrected chi connectivity index (χ4v) is 8.09. The number of carbonyl (C=O) groups is 1. The molecule has 1 amide bonds. The fraction of sp³-hybridized carbons (Fsp3) is 0.417. The third kappa shape index (κ3) is 6.99. The Morgan fingerprint density at radius 2 is 1.94 bits per heavy atom. The summed E-state index contributed by atoms with van der Waals surface area (Å²) >= 11 is 0.953. The smallest absolute Gasteiger partial charge is 0.305 e. The summed E-state index contributed by atoms with van der Waals surface area (Å²) in [7, 11) is 1.97. The van der Waals surface area contributed by atoms with Gasteiger partial charge in [0.1, 0.15) is 22.9 Å². The van der Waals surface area contributed by atoms with Crippen molar-refractivity contribution < 1.29 is 24.1 Å². The van der Waals surface area contributed by atoms with Crippen LogP contribution in [-0.2, 0) is 24.8 Å². The van der Waals surface area contributed by atoms with Gasteiger partial charge < -0.3 is 34.7 Å². The molecule has 4 heterocycles. The molecule has 13 heteroatoms. The Hall–Kier alpha value is -4.14. The van der Waals surface area contributed by atoms with Gasteiger partial charge in [0.15, 0.2) is 0 Å². The van der Waals surface area contributed by atoms with Gasteiger partial charge in [-0.05, 0) is 80.3 Å². The number of piperidine rings is 1. The predicted molar refractivity (Wildman–Crippen MR) is 187 cm³/mol. The van der Waals surface area contributed by atoms with Gasteiger partial charge >= 0.3 is 4.87 Å². The molecule has 1 unspecified atom stereocenters. The first kappa shape index (κ1) is 33.4. The van der Waals surface area contributed by atoms with Crippen LogP contribution in [0.3, 0.4) is 0 Å². The summed E-state index contributed by atoms with van der Waals surface area (Å²) in [5, 5.41) is 24.0. The van der Waals surface area contributed by atoms with Gasteiger partial charge in [0, 0.05) is 50.9 Å². The summed E-state index contributed by atoms with van der Waals surface area (Å²) in [6.07, 6.45) is 1.28. The lowest BCUT2D eigenvalue weighted by atomic mass is 9.88. The summed E-state index contributed by atoms with van der Waals surface area (Å²) in [4.78, 5) is 36.5. The van der Waals surface area contributed by atoms with Crippen LogP contribution < -0.4 is 10.2 Å². The molecule has 1 spiro atoms. The average molecular weight is 689 g/mol. The second kappa shape index (κ2) is 13.6. The van der Waals surface area contributed by atoms with E-state index in [0.29, 0.717) is 60.6 Å². The van der Waals surface area contributed by atoms with Crippen molar-refractivity contribution in [1.82, 2.24) is 29.7 Å². The molecular formula is C36H41FN6O5S. The Morgan fingerprint density at radius 1 is 1.14 bits per heavy atom. The highest BCUT2D eigenvalue weighted by Gasteiger charge is 2.41. The zero-order chi connectivity index (χ0) is 34.3. The van der Waals surface area contributed by atoms with Crippen LogP contribution in [0.1, 0.15) is 51.8 Å². The van der Waals surface area contributed by atoms with Crippen LogP contribution in [0.5, 0.6) is 5.75 Å². The number of aryl methyl sites for hydroxylation is 2. The minimum atomic E-state index is -0.876. The molecule has 2 fully saturated rings. The Bertz CT molecular complexity index is 2070. The van der Waals surface area contributed by atoms with Gasteiger partial charge in [-0.2, -0.15) is 0 Å². The first-order valence-electron chi connectivity index (χ1n) is 16.7. The molecule has 2 aliphatic heterocycles. The van der Waals surface area contributed by atoms with E-state index in [1.807, 2.05) is 47.7 Å². The van der Waals surface area contributed by atoms with Crippen LogP contribution in [0, 0.1) is 12.7 Å². The Balaban J connectivity index is 0.909. The molecule has 49 heavy (non-hydrogen) atoms. The third-order valence-electron chi connectivity index (χ3n) is 9.95. The van der Waals surface area contributed by atoms with Gasteiger partial charge in [-0.25, -0.2) is 9.37 Å². The number of nitrogens with one attached hydrogen (secondary N) is 2. The minimum absolute atomic E-state index is 0.00301. The van der Waals surface area contributed by atoms with E-state index >= 15 is 0 Å². The first-order chi connectivity index (χ1) is 23.6. The fourth-order valence-electron chi connectivity index (χ4n) is 7.17. The van der Waals surface area contributed by atoms with Gasteiger partial charge in [-0.3, -0.25) is 14.5 Å². The van der Waals surface area contributed by atoms with E-state index < -0.39 is 6.10 Å². The molecule has 0 aliphatic carbocycles. The van der Waals surface area contributed by atoms with Crippen LogP contribution in [0.2, 0.25) is 0 Å². The van der Waals surface area contributed by atoms with Crippen LogP contribution in [0.4, 0.5) is 4.39 Å². The average Bonchev–Trinajstić information content (AvgIpc) is 3.62. The number of aliphatic hydroxyl groups excluding tert-OH is 1. The quantitative estimate of drug-likeness (QED) is 0.171. The third-order valence-corrected chi connectivity index (χ3v) is 10.9. The Morgan fingerprint density at radius 3 is 2.76 bits per heavy atom. The molecule has 11 nitrogen and oxygen atoms in total. The molecule has 7 rings (SSSR count). The van der Waals surface area contributed by atoms with E-state index in [-0.39, 0.29) is 34.5 Å². The number of carbonyl (C=O) groups excluding carboxylic acids is 1. The highest BCUT2D eigenvalue weighted by atomic mass is 32.1. The number of phenols is 1. The number of H-pyrrole nitrogens is 1. The number of amides is 1. The number of imidazole rings is 1. The maximum Gasteiger partial charge on any atom is 0.305 e. The maximum atomic E-state index is 14.7. The van der Waals surface area contributed by atoms with E-state index in [0.717, 1.165) is 65.3 Å². The van der Waals surface area contributed by atoms with Crippen molar-refractivity contribution in [2.75, 3.05) is 45.9 Å². The lowest BCUT2D eigenvalue weighted by molar-refractivity contribution is -0.127. The summed E-state index contributed by atoms with van der Waals surface area (Å²) in [6, 6.07) is 14.0. The molecule has 258 valence electrons. The highest BCUT2D eigenvalue weighted by molar-refractivity contribution is 7.16. The zero-order valence-electron chi connectivity index (χ0n) is 27.7. The molecule has 0 radical (unpaired) electrons. The maximum absolute atomic E-state index is 14.7. The number of thiazole rings is 1. The van der Waals surface area contributed by atoms with Crippen LogP contribution in [-0.4, -0.2) is 91.9 Å². The normalized spacial score (nSPS) is 17.3. The van der Waals surface area contributed by atoms with Gasteiger partial charge in [-0.1, -0.05) is 23.5 Å². The number of aliphatic hydroxyl groups is 1. The number of aromatic nitrogens is 3. The van der Waals surface area contributed by atoms with Gasteiger partial charge in [-0.15, -0.1) is 0 Å². The zero-order valence-corrected chi connectivity index (χ0v) is 28.5. The van der Waals surface area contributed by atoms with Gasteiger partial charge in [0.05, 0.1) is 40.6 Å². The van der Waals surface area contributed by atoms with E-state index in [4.69, 9.17) is 4.74 Å². The predicted octanol–water partition coefficient (Wildman–Crippen LogP) is 4.00. The second-order valence-electron chi connectivity index (χ2n) is 13.3. The number of hydrogen-bond acceptors (Lipinski definition) is 9. The number of halogens is 1. The van der Waals surface area contributed by atoms with E-state index in [1.54, 1.807) is 18.2 Å². The molecule has 2 saturated heterocycles. The number of rotatable bonds is 9. The minimum Gasteiger partial charge on any atom is -0.506 e.